The van der Waals surface area contributed by atoms with Gasteiger partial charge in [-0.1, -0.05) is 0 Å². The van der Waals surface area contributed by atoms with Crippen molar-refractivity contribution in [1.29, 1.82) is 0 Å². The van der Waals surface area contributed by atoms with Gasteiger partial charge in [-0.25, -0.2) is 29.9 Å². The van der Waals surface area contributed by atoms with Crippen LogP contribution in [-0.2, 0) is 70.5 Å². The summed E-state index contributed by atoms with van der Waals surface area (Å²) < 4.78 is 44.0. The molecule has 0 aromatic carbocycles. The van der Waals surface area contributed by atoms with Gasteiger partial charge in [0.05, 0.1) is 84.7 Å². The lowest BCUT2D eigenvalue weighted by Gasteiger charge is -1.93. The topological polar surface area (TPSA) is 244 Å². The molecule has 0 fully saturated rings. The number of thiophene rings is 4. The summed E-state index contributed by atoms with van der Waals surface area (Å²) in [4.78, 5) is 27.9. The van der Waals surface area contributed by atoms with Gasteiger partial charge in [0.2, 0.25) is 0 Å². The summed E-state index contributed by atoms with van der Waals surface area (Å²) in [5.74, 6) is 4.93. The third-order valence-corrected chi connectivity index (χ3v) is 28.2. The summed E-state index contributed by atoms with van der Waals surface area (Å²) in [7, 11) is 19.7. The first-order valence-corrected chi connectivity index (χ1v) is 52.1. The van der Waals surface area contributed by atoms with Gasteiger partial charge in [0, 0.05) is 175 Å². The maximum absolute atomic E-state index is 4.96. The van der Waals surface area contributed by atoms with Gasteiger partial charge in [-0.15, -0.1) is 34.0 Å². The fourth-order valence-corrected chi connectivity index (χ4v) is 13.7. The van der Waals surface area contributed by atoms with E-state index in [2.05, 4.69) is 271 Å². The van der Waals surface area contributed by atoms with Crippen LogP contribution in [0.5, 0.6) is 0 Å². The summed E-state index contributed by atoms with van der Waals surface area (Å²) in [5, 5.41) is 28.8. The van der Waals surface area contributed by atoms with E-state index in [4.69, 9.17) is 22.1 Å². The molecule has 145 heavy (non-hydrogen) atoms. The smallest absolute Gasteiger partial charge is 0.181 e. The quantitative estimate of drug-likeness (QED) is 0.137. The van der Waals surface area contributed by atoms with Gasteiger partial charge in [-0.2, -0.15) is 43.1 Å². The average molecular weight is 2070 g/mol. The molecule has 0 N–H and O–H groups in total. The molecule has 0 spiro atoms. The molecular formula is C115H170N20O5S5. The van der Waals surface area contributed by atoms with E-state index >= 15 is 0 Å². The molecule has 0 aliphatic rings. The van der Waals surface area contributed by atoms with Crippen LogP contribution in [0.3, 0.4) is 0 Å². The Labute approximate surface area is 887 Å². The number of thiazole rings is 1. The van der Waals surface area contributed by atoms with Crippen molar-refractivity contribution in [2.24, 2.45) is 70.5 Å². The molecule has 25 nitrogen and oxygen atoms in total. The highest BCUT2D eigenvalue weighted by Crippen LogP contribution is 2.17. The van der Waals surface area contributed by atoms with E-state index in [0.717, 1.165) is 51.7 Å². The van der Waals surface area contributed by atoms with Gasteiger partial charge in [0.25, 0.3) is 0 Å². The molecule has 0 amide bonds. The minimum atomic E-state index is 0.903. The number of furan rings is 4. The Morgan fingerprint density at radius 3 is 0.910 bits per heavy atom. The van der Waals surface area contributed by atoms with Gasteiger partial charge >= 0.3 is 0 Å². The highest BCUT2D eigenvalue weighted by atomic mass is 32.1. The molecule has 0 saturated heterocycles. The van der Waals surface area contributed by atoms with Crippen LogP contribution in [0, 0.1) is 242 Å². The maximum Gasteiger partial charge on any atom is 0.181 e. The lowest BCUT2D eigenvalue weighted by molar-refractivity contribution is 0.525. The van der Waals surface area contributed by atoms with Crippen LogP contribution in [0.4, 0.5) is 0 Å². The minimum absolute atomic E-state index is 0.903. The number of oxazole rings is 1. The largest absolute Gasteiger partial charge is 0.472 e. The summed E-state index contributed by atoms with van der Waals surface area (Å²) in [6.07, 6.45) is 36.5. The van der Waals surface area contributed by atoms with Crippen LogP contribution >= 0.6 is 56.7 Å². The van der Waals surface area contributed by atoms with E-state index in [-0.39, 0.29) is 0 Å². The summed E-state index contributed by atoms with van der Waals surface area (Å²) >= 11 is 8.83. The third-order valence-electron chi connectivity index (χ3n) is 23.5. The van der Waals surface area contributed by atoms with Crippen molar-refractivity contribution >= 4 is 56.7 Å². The summed E-state index contributed by atoms with van der Waals surface area (Å²) in [6.45, 7) is 71.8. The van der Waals surface area contributed by atoms with Crippen molar-refractivity contribution in [2.75, 3.05) is 0 Å². The van der Waals surface area contributed by atoms with Crippen LogP contribution in [-0.4, -0.2) is 96.4 Å². The molecule has 0 bridgehead atoms. The molecule has 0 aliphatic heterocycles. The second-order valence-electron chi connectivity index (χ2n) is 35.2. The Morgan fingerprint density at radius 1 is 0.290 bits per heavy atom. The maximum atomic E-state index is 4.96. The number of nitrogens with zero attached hydrogens (tertiary/aromatic N) is 20. The third kappa shape index (κ3) is 54.5. The normalized spacial score (nSPS) is 9.55. The highest BCUT2D eigenvalue weighted by molar-refractivity contribution is 7.10. The summed E-state index contributed by atoms with van der Waals surface area (Å²) in [6, 6.07) is 16.4. The standard InChI is InChI=1S/2C7H11N.3C6H10N2.C6H9N.4C6H8O.4C6H8S.3C5H8N2.C5H7NO.C5H7NS.C4H7N3/c1-6-4-8(3)5-7(6)2;1-6-4-5-8(3)7(6)2;1-5-6(2)8(3)4-7-5;1-5-4-8(3)7-6(5)2;1-5-4-7-8(3)6(5)2;1-6-4-3-5-7(6)2;2*1-5-3-7-4-6(5)2;2*1-5-3-4-7-6(5)2;2*1-5-3-7-4-6(5)2;2*1-5-3-4-7-6(5)2;1-5-3-6-4-7(5)2;1-5-6-3-4-7(5)2;1-5-3-4-6-7(5)2;2*1-4-5(2)7-3-6-4;1-4-5-3-6-7(4)2/h2*4-5H,1-3H3;3*4H,1-3H3;3-5H,1-2H3;11*3-4H,1-2H3;3*3H,1-2H3. The number of imidazole rings is 3. The molecular weight excluding hydrogens is 1900 g/mol. The molecule has 790 valence electrons. The Kier molecular flexibility index (Phi) is 63.4. The number of hydrogen-bond donors (Lipinski definition) is 0. The first kappa shape index (κ1) is 130. The van der Waals surface area contributed by atoms with Crippen molar-refractivity contribution in [3.05, 3.63) is 406 Å². The average Bonchev–Trinajstić information content (AvgIpc) is 1.77. The number of aromatic nitrogens is 20. The zero-order chi connectivity index (χ0) is 110. The SMILES string of the molecule is Cc1cccn1C.Cc1ccn(C)c1C.Cc1ccnn1C.Cc1ccoc1C.Cc1ccoc1C.Cc1ccsc1C.Cc1ccsc1C.Cc1cn(C)cc1C.Cc1cn(C)nc1C.Cc1cncn1C.Cc1cnn(C)c1C.Cc1cocc1C.Cc1cocc1C.Cc1cscc1C.Cc1cscc1C.Cc1nccn1C.Cc1ncn(C)c1C.Cc1ncnn1C.Cc1ncoc1C.Cc1ncsc1C. The second kappa shape index (κ2) is 70.7. The fourth-order valence-electron chi connectivity index (χ4n) is 9.94. The monoisotopic (exact) mass is 2070 g/mol. The van der Waals surface area contributed by atoms with Gasteiger partial charge in [-0.3, -0.25) is 18.7 Å². The van der Waals surface area contributed by atoms with Crippen molar-refractivity contribution in [1.82, 2.24) is 96.4 Å². The van der Waals surface area contributed by atoms with Gasteiger partial charge in [0.1, 0.15) is 35.3 Å². The van der Waals surface area contributed by atoms with E-state index in [9.17, 15) is 0 Å². The molecule has 0 aliphatic carbocycles. The zero-order valence-corrected chi connectivity index (χ0v) is 99.8. The van der Waals surface area contributed by atoms with Gasteiger partial charge in [0.15, 0.2) is 6.39 Å². The lowest BCUT2D eigenvalue weighted by Crippen LogP contribution is -1.91. The second-order valence-corrected chi connectivity index (χ2v) is 40.0. The van der Waals surface area contributed by atoms with E-state index in [1.807, 2.05) is 276 Å². The number of aryl methyl sites for hydroxylation is 42. The van der Waals surface area contributed by atoms with E-state index in [0.29, 0.717) is 0 Å². The first-order valence-electron chi connectivity index (χ1n) is 47.6. The van der Waals surface area contributed by atoms with E-state index in [1.165, 1.54) is 156 Å². The molecule has 0 atom stereocenters. The number of rotatable bonds is 0. The Morgan fingerprint density at radius 2 is 0.800 bits per heavy atom. The molecule has 20 heterocycles. The van der Waals surface area contributed by atoms with Crippen molar-refractivity contribution in [3.63, 3.8) is 0 Å². The molecule has 0 saturated carbocycles. The van der Waals surface area contributed by atoms with Gasteiger partial charge in [-0.05, 0) is 418 Å². The predicted octanol–water partition coefficient (Wildman–Crippen LogP) is 30.1. The van der Waals surface area contributed by atoms with Crippen LogP contribution in [0.25, 0.3) is 0 Å². The van der Waals surface area contributed by atoms with Crippen molar-refractivity contribution in [2.45, 2.75) is 242 Å². The highest BCUT2D eigenvalue weighted by Gasteiger charge is 2.01. The minimum Gasteiger partial charge on any atom is -0.472 e. The molecule has 20 rings (SSSR count). The fraction of sp³-hybridized carbons (Fsp3) is 0.391. The van der Waals surface area contributed by atoms with Crippen LogP contribution in [0.15, 0.2) is 233 Å². The van der Waals surface area contributed by atoms with Gasteiger partial charge < -0.3 is 49.5 Å². The van der Waals surface area contributed by atoms with Crippen LogP contribution in [0.1, 0.15) is 195 Å². The Bertz CT molecular complexity index is 5100. The molecule has 20 aromatic rings. The summed E-state index contributed by atoms with van der Waals surface area (Å²) in [5.41, 5.74) is 36.2. The first-order chi connectivity index (χ1) is 68.1. The number of hydrogen-bond acceptors (Lipinski definition) is 20. The van der Waals surface area contributed by atoms with E-state index < -0.39 is 0 Å². The van der Waals surface area contributed by atoms with Crippen LogP contribution < -0.4 is 0 Å². The zero-order valence-electron chi connectivity index (χ0n) is 95.7. The Balaban J connectivity index is 0.000000763. The lowest BCUT2D eigenvalue weighted by atomic mass is 10.2. The van der Waals surface area contributed by atoms with Crippen LogP contribution in [0.2, 0.25) is 0 Å². The Hall–Kier alpha value is -13.0. The molecule has 0 radical (unpaired) electrons. The molecule has 30 heteroatoms. The van der Waals surface area contributed by atoms with E-state index in [1.54, 1.807) is 118 Å². The van der Waals surface area contributed by atoms with Crippen molar-refractivity contribution in [3.8, 4) is 0 Å². The molecule has 0 unspecified atom stereocenters. The predicted molar refractivity (Wildman–Crippen MR) is 613 cm³/mol. The van der Waals surface area contributed by atoms with Crippen molar-refractivity contribution < 1.29 is 22.1 Å². The molecule has 20 aromatic heterocycles.